The van der Waals surface area contributed by atoms with Crippen LogP contribution in [0.1, 0.15) is 45.6 Å². The van der Waals surface area contributed by atoms with Crippen molar-refractivity contribution in [3.05, 3.63) is 66.0 Å². The molecule has 0 radical (unpaired) electrons. The number of ether oxygens (including phenoxy) is 1. The van der Waals surface area contributed by atoms with Crippen molar-refractivity contribution in [3.8, 4) is 28.3 Å². The van der Waals surface area contributed by atoms with Crippen LogP contribution in [0.25, 0.3) is 22.4 Å². The van der Waals surface area contributed by atoms with E-state index in [4.69, 9.17) is 9.72 Å². The Kier molecular flexibility index (Phi) is 7.95. The summed E-state index contributed by atoms with van der Waals surface area (Å²) in [5.41, 5.74) is 1.50. The third kappa shape index (κ3) is 5.70. The van der Waals surface area contributed by atoms with Crippen molar-refractivity contribution in [2.45, 2.75) is 50.3 Å². The number of halogens is 1. The van der Waals surface area contributed by atoms with Crippen LogP contribution >= 0.6 is 0 Å². The van der Waals surface area contributed by atoms with Crippen LogP contribution in [0.3, 0.4) is 0 Å². The van der Waals surface area contributed by atoms with Gasteiger partial charge in [-0.2, -0.15) is 0 Å². The number of pyridine rings is 1. The van der Waals surface area contributed by atoms with Gasteiger partial charge in [0.2, 0.25) is 5.88 Å². The molecule has 0 aliphatic carbocycles. The Morgan fingerprint density at radius 2 is 1.66 bits per heavy atom. The molecule has 0 bridgehead atoms. The van der Waals surface area contributed by atoms with Gasteiger partial charge in [0, 0.05) is 22.9 Å². The summed E-state index contributed by atoms with van der Waals surface area (Å²) >= 11 is 0. The predicted molar refractivity (Wildman–Crippen MR) is 134 cm³/mol. The smallest absolute Gasteiger partial charge is 0.314 e. The summed E-state index contributed by atoms with van der Waals surface area (Å²) in [6, 6.07) is 13.9. The van der Waals surface area contributed by atoms with Gasteiger partial charge < -0.3 is 9.84 Å². The van der Waals surface area contributed by atoms with Gasteiger partial charge >= 0.3 is 5.97 Å². The topological polar surface area (TPSA) is 93.6 Å². The number of benzene rings is 2. The molecule has 1 heterocycles. The SMILES string of the molecule is CCCCOc1nc(-c2ccc(F)cc2)c(-c2ccc(S(C)(=O)=O)cc2)cc1C(C)(CC)C(=O)O. The first-order valence-electron chi connectivity index (χ1n) is 11.5. The lowest BCUT2D eigenvalue weighted by atomic mass is 9.79. The molecule has 1 atom stereocenters. The van der Waals surface area contributed by atoms with Gasteiger partial charge in [-0.15, -0.1) is 0 Å². The second kappa shape index (κ2) is 10.6. The van der Waals surface area contributed by atoms with Crippen LogP contribution < -0.4 is 4.74 Å². The lowest BCUT2D eigenvalue weighted by Crippen LogP contribution is -2.32. The number of rotatable bonds is 10. The molecule has 3 aromatic rings. The van der Waals surface area contributed by atoms with Crippen molar-refractivity contribution in [1.29, 1.82) is 0 Å². The maximum absolute atomic E-state index is 13.7. The average Bonchev–Trinajstić information content (AvgIpc) is 2.83. The minimum absolute atomic E-state index is 0.168. The molecule has 1 unspecified atom stereocenters. The molecule has 0 saturated carbocycles. The zero-order chi connectivity index (χ0) is 25.8. The quantitative estimate of drug-likeness (QED) is 0.350. The Morgan fingerprint density at radius 1 is 1.06 bits per heavy atom. The van der Waals surface area contributed by atoms with Crippen molar-refractivity contribution in [2.24, 2.45) is 0 Å². The third-order valence-corrected chi connectivity index (χ3v) is 7.34. The number of carboxylic acids is 1. The van der Waals surface area contributed by atoms with Gasteiger partial charge in [0.05, 0.1) is 22.6 Å². The summed E-state index contributed by atoms with van der Waals surface area (Å²) in [6.07, 6.45) is 3.11. The molecule has 8 heteroatoms. The van der Waals surface area contributed by atoms with E-state index in [0.29, 0.717) is 41.0 Å². The van der Waals surface area contributed by atoms with Gasteiger partial charge in [0.15, 0.2) is 9.84 Å². The summed E-state index contributed by atoms with van der Waals surface area (Å²) in [5.74, 6) is -1.18. The van der Waals surface area contributed by atoms with Crippen LogP contribution in [0.4, 0.5) is 4.39 Å². The number of hydrogen-bond acceptors (Lipinski definition) is 5. The van der Waals surface area contributed by atoms with E-state index >= 15 is 0 Å². The molecule has 1 N–H and O–H groups in total. The summed E-state index contributed by atoms with van der Waals surface area (Å²) in [7, 11) is -3.39. The molecule has 186 valence electrons. The first kappa shape index (κ1) is 26.3. The molecule has 35 heavy (non-hydrogen) atoms. The predicted octanol–water partition coefficient (Wildman–Crippen LogP) is 5.89. The Hall–Kier alpha value is -3.26. The Balaban J connectivity index is 2.32. The molecule has 0 amide bonds. The Morgan fingerprint density at radius 3 is 2.17 bits per heavy atom. The molecule has 0 saturated heterocycles. The molecule has 0 fully saturated rings. The minimum Gasteiger partial charge on any atom is -0.481 e. The molecular formula is C27H30FNO5S. The van der Waals surface area contributed by atoms with Gasteiger partial charge in [-0.1, -0.05) is 32.4 Å². The maximum Gasteiger partial charge on any atom is 0.314 e. The van der Waals surface area contributed by atoms with E-state index < -0.39 is 27.0 Å². The van der Waals surface area contributed by atoms with E-state index in [1.54, 1.807) is 44.2 Å². The van der Waals surface area contributed by atoms with E-state index in [-0.39, 0.29) is 10.8 Å². The highest BCUT2D eigenvalue weighted by Crippen LogP contribution is 2.41. The van der Waals surface area contributed by atoms with Crippen LogP contribution in [0.5, 0.6) is 5.88 Å². The monoisotopic (exact) mass is 499 g/mol. The zero-order valence-electron chi connectivity index (χ0n) is 20.3. The van der Waals surface area contributed by atoms with Crippen LogP contribution in [-0.4, -0.2) is 37.3 Å². The van der Waals surface area contributed by atoms with Crippen molar-refractivity contribution >= 4 is 15.8 Å². The average molecular weight is 500 g/mol. The molecular weight excluding hydrogens is 469 g/mol. The van der Waals surface area contributed by atoms with Gasteiger partial charge in [-0.3, -0.25) is 4.79 Å². The van der Waals surface area contributed by atoms with Crippen molar-refractivity contribution in [3.63, 3.8) is 0 Å². The number of sulfone groups is 1. The summed E-state index contributed by atoms with van der Waals surface area (Å²) in [4.78, 5) is 17.3. The highest BCUT2D eigenvalue weighted by Gasteiger charge is 2.38. The summed E-state index contributed by atoms with van der Waals surface area (Å²) in [6.45, 7) is 5.82. The van der Waals surface area contributed by atoms with Crippen molar-refractivity contribution in [1.82, 2.24) is 4.98 Å². The minimum atomic E-state index is -3.39. The van der Waals surface area contributed by atoms with Gasteiger partial charge in [0.25, 0.3) is 0 Å². The van der Waals surface area contributed by atoms with E-state index in [9.17, 15) is 22.7 Å². The normalized spacial score (nSPS) is 13.3. The zero-order valence-corrected chi connectivity index (χ0v) is 21.2. The van der Waals surface area contributed by atoms with Crippen LogP contribution in [0.15, 0.2) is 59.5 Å². The number of aromatic nitrogens is 1. The fraction of sp³-hybridized carbons (Fsp3) is 0.333. The first-order chi connectivity index (χ1) is 16.5. The number of unbranched alkanes of at least 4 members (excludes halogenated alkanes) is 1. The second-order valence-corrected chi connectivity index (χ2v) is 10.7. The van der Waals surface area contributed by atoms with Gasteiger partial charge in [-0.25, -0.2) is 17.8 Å². The van der Waals surface area contributed by atoms with E-state index in [2.05, 4.69) is 0 Å². The van der Waals surface area contributed by atoms with Crippen LogP contribution in [0, 0.1) is 5.82 Å². The van der Waals surface area contributed by atoms with E-state index in [0.717, 1.165) is 19.1 Å². The van der Waals surface area contributed by atoms with Crippen LogP contribution in [-0.2, 0) is 20.0 Å². The molecule has 2 aromatic carbocycles. The number of carboxylic acid groups (broad SMARTS) is 1. The lowest BCUT2D eigenvalue weighted by molar-refractivity contribution is -0.143. The van der Waals surface area contributed by atoms with E-state index in [1.807, 2.05) is 6.92 Å². The summed E-state index contributed by atoms with van der Waals surface area (Å²) in [5, 5.41) is 10.1. The Bertz CT molecular complexity index is 1300. The highest BCUT2D eigenvalue weighted by molar-refractivity contribution is 7.90. The van der Waals surface area contributed by atoms with Gasteiger partial charge in [-0.05, 0) is 67.8 Å². The standard InChI is InChI=1S/C27H30FNO5S/c1-5-7-16-34-25-23(27(3,6-2)26(30)31)17-22(18-10-14-21(15-11-18)35(4,32)33)24(29-25)19-8-12-20(28)13-9-19/h8-15,17H,5-7,16H2,1-4H3,(H,30,31). The molecule has 1 aromatic heterocycles. The molecule has 0 aliphatic heterocycles. The largest absolute Gasteiger partial charge is 0.481 e. The number of nitrogens with zero attached hydrogens (tertiary/aromatic N) is 1. The second-order valence-electron chi connectivity index (χ2n) is 8.73. The third-order valence-electron chi connectivity index (χ3n) is 6.21. The maximum atomic E-state index is 13.7. The number of aliphatic carboxylic acids is 1. The van der Waals surface area contributed by atoms with Crippen LogP contribution in [0.2, 0.25) is 0 Å². The van der Waals surface area contributed by atoms with Gasteiger partial charge in [0.1, 0.15) is 5.82 Å². The Labute approximate surface area is 205 Å². The van der Waals surface area contributed by atoms with E-state index in [1.165, 1.54) is 24.3 Å². The molecule has 0 spiro atoms. The molecule has 3 rings (SSSR count). The highest BCUT2D eigenvalue weighted by atomic mass is 32.2. The molecule has 0 aliphatic rings. The molecule has 6 nitrogen and oxygen atoms in total. The number of carbonyl (C=O) groups is 1. The first-order valence-corrected chi connectivity index (χ1v) is 13.4. The number of hydrogen-bond donors (Lipinski definition) is 1. The van der Waals surface area contributed by atoms with Crippen molar-refractivity contribution < 1.29 is 27.4 Å². The lowest BCUT2D eigenvalue weighted by Gasteiger charge is -2.27. The fourth-order valence-electron chi connectivity index (χ4n) is 3.70. The summed E-state index contributed by atoms with van der Waals surface area (Å²) < 4.78 is 43.5. The van der Waals surface area contributed by atoms with Crippen molar-refractivity contribution in [2.75, 3.05) is 12.9 Å². The fourth-order valence-corrected chi connectivity index (χ4v) is 4.33.